The SMILES string of the molecule is CN1CCC(c2ccc(C(=O)N(C)C)cc2)(c2cccc(C(=O)O)c2)CC1. The smallest absolute Gasteiger partial charge is 0.335 e. The van der Waals surface area contributed by atoms with Crippen LogP contribution < -0.4 is 0 Å². The number of rotatable bonds is 4. The maximum absolute atomic E-state index is 12.2. The van der Waals surface area contributed by atoms with Gasteiger partial charge in [-0.2, -0.15) is 0 Å². The molecule has 1 aliphatic rings. The molecule has 5 nitrogen and oxygen atoms in total. The molecular formula is C22H26N2O3. The molecule has 5 heteroatoms. The number of hydrogen-bond donors (Lipinski definition) is 1. The molecule has 0 unspecified atom stereocenters. The van der Waals surface area contributed by atoms with E-state index in [1.165, 1.54) is 0 Å². The zero-order chi connectivity index (χ0) is 19.6. The van der Waals surface area contributed by atoms with Gasteiger partial charge in [0.05, 0.1) is 5.56 Å². The highest BCUT2D eigenvalue weighted by Gasteiger charge is 2.37. The number of nitrogens with zero attached hydrogens (tertiary/aromatic N) is 2. The van der Waals surface area contributed by atoms with Crippen molar-refractivity contribution in [2.75, 3.05) is 34.2 Å². The fourth-order valence-corrected chi connectivity index (χ4v) is 3.88. The van der Waals surface area contributed by atoms with Gasteiger partial charge >= 0.3 is 5.97 Å². The van der Waals surface area contributed by atoms with Crippen LogP contribution in [0, 0.1) is 0 Å². The molecule has 0 aromatic heterocycles. The van der Waals surface area contributed by atoms with Crippen LogP contribution in [0.3, 0.4) is 0 Å². The summed E-state index contributed by atoms with van der Waals surface area (Å²) in [6.45, 7) is 1.88. The lowest BCUT2D eigenvalue weighted by molar-refractivity contribution is 0.0696. The number of likely N-dealkylation sites (tertiary alicyclic amines) is 1. The summed E-state index contributed by atoms with van der Waals surface area (Å²) in [5, 5.41) is 9.40. The van der Waals surface area contributed by atoms with E-state index in [0.717, 1.165) is 37.1 Å². The molecule has 1 N–H and O–H groups in total. The number of hydrogen-bond acceptors (Lipinski definition) is 3. The number of carboxylic acids is 1. The van der Waals surface area contributed by atoms with Crippen LogP contribution in [0.5, 0.6) is 0 Å². The average Bonchev–Trinajstić information content (AvgIpc) is 2.68. The maximum Gasteiger partial charge on any atom is 0.335 e. The first kappa shape index (κ1) is 19.1. The van der Waals surface area contributed by atoms with Crippen molar-refractivity contribution >= 4 is 11.9 Å². The van der Waals surface area contributed by atoms with Crippen molar-refractivity contribution in [3.63, 3.8) is 0 Å². The number of carbonyl (C=O) groups excluding carboxylic acids is 1. The highest BCUT2D eigenvalue weighted by Crippen LogP contribution is 2.42. The summed E-state index contributed by atoms with van der Waals surface area (Å²) in [6.07, 6.45) is 1.82. The van der Waals surface area contributed by atoms with Crippen molar-refractivity contribution in [1.82, 2.24) is 9.80 Å². The topological polar surface area (TPSA) is 60.9 Å². The van der Waals surface area contributed by atoms with Crippen LogP contribution in [0.1, 0.15) is 44.7 Å². The van der Waals surface area contributed by atoms with Gasteiger partial charge in [0.2, 0.25) is 0 Å². The Balaban J connectivity index is 2.05. The summed E-state index contributed by atoms with van der Waals surface area (Å²) in [7, 11) is 5.59. The van der Waals surface area contributed by atoms with E-state index in [1.54, 1.807) is 31.1 Å². The van der Waals surface area contributed by atoms with Crippen LogP contribution in [0.4, 0.5) is 0 Å². The van der Waals surface area contributed by atoms with E-state index in [0.29, 0.717) is 11.1 Å². The van der Waals surface area contributed by atoms with Crippen molar-refractivity contribution < 1.29 is 14.7 Å². The molecule has 2 aromatic carbocycles. The molecule has 2 aromatic rings. The van der Waals surface area contributed by atoms with Gasteiger partial charge in [-0.1, -0.05) is 24.3 Å². The quantitative estimate of drug-likeness (QED) is 0.903. The molecule has 0 aliphatic carbocycles. The van der Waals surface area contributed by atoms with Gasteiger partial charge in [-0.25, -0.2) is 4.79 Å². The second-order valence-corrected chi connectivity index (χ2v) is 7.55. The monoisotopic (exact) mass is 366 g/mol. The van der Waals surface area contributed by atoms with Gasteiger partial charge < -0.3 is 14.9 Å². The van der Waals surface area contributed by atoms with Crippen LogP contribution in [-0.4, -0.2) is 61.0 Å². The van der Waals surface area contributed by atoms with Crippen molar-refractivity contribution in [3.8, 4) is 0 Å². The molecule has 0 atom stereocenters. The van der Waals surface area contributed by atoms with Gasteiger partial charge in [0.25, 0.3) is 5.91 Å². The summed E-state index contributed by atoms with van der Waals surface area (Å²) in [6, 6.07) is 15.1. The van der Waals surface area contributed by atoms with Gasteiger partial charge in [-0.3, -0.25) is 4.79 Å². The lowest BCUT2D eigenvalue weighted by Gasteiger charge is -2.42. The van der Waals surface area contributed by atoms with Gasteiger partial charge in [0.15, 0.2) is 0 Å². The van der Waals surface area contributed by atoms with E-state index in [1.807, 2.05) is 36.4 Å². The normalized spacial score (nSPS) is 16.7. The number of piperidine rings is 1. The standard InChI is InChI=1S/C22H26N2O3/c1-23(2)20(25)16-7-9-18(10-8-16)22(11-13-24(3)14-12-22)19-6-4-5-17(15-19)21(26)27/h4-10,15H,11-14H2,1-3H3,(H,26,27). The Morgan fingerprint density at radius 2 is 1.59 bits per heavy atom. The Labute approximate surface area is 160 Å². The molecule has 0 saturated carbocycles. The molecule has 27 heavy (non-hydrogen) atoms. The average molecular weight is 366 g/mol. The van der Waals surface area contributed by atoms with E-state index >= 15 is 0 Å². The fraction of sp³-hybridized carbons (Fsp3) is 0.364. The fourth-order valence-electron chi connectivity index (χ4n) is 3.88. The number of carbonyl (C=O) groups is 2. The Kier molecular flexibility index (Phi) is 5.33. The Morgan fingerprint density at radius 1 is 0.963 bits per heavy atom. The molecule has 0 radical (unpaired) electrons. The highest BCUT2D eigenvalue weighted by atomic mass is 16.4. The van der Waals surface area contributed by atoms with Gasteiger partial charge in [-0.05, 0) is 68.4 Å². The van der Waals surface area contributed by atoms with Crippen molar-refractivity contribution in [3.05, 3.63) is 70.8 Å². The van der Waals surface area contributed by atoms with E-state index in [2.05, 4.69) is 11.9 Å². The van der Waals surface area contributed by atoms with Gasteiger partial charge in [-0.15, -0.1) is 0 Å². The molecule has 1 saturated heterocycles. The summed E-state index contributed by atoms with van der Waals surface area (Å²) < 4.78 is 0. The van der Waals surface area contributed by atoms with Crippen LogP contribution in [0.15, 0.2) is 48.5 Å². The van der Waals surface area contributed by atoms with Crippen molar-refractivity contribution in [2.24, 2.45) is 0 Å². The van der Waals surface area contributed by atoms with Crippen molar-refractivity contribution in [2.45, 2.75) is 18.3 Å². The van der Waals surface area contributed by atoms with Gasteiger partial charge in [0.1, 0.15) is 0 Å². The zero-order valence-corrected chi connectivity index (χ0v) is 16.1. The zero-order valence-electron chi connectivity index (χ0n) is 16.1. The number of carboxylic acid groups (broad SMARTS) is 1. The molecule has 0 spiro atoms. The van der Waals surface area contributed by atoms with E-state index < -0.39 is 5.97 Å². The first-order chi connectivity index (χ1) is 12.8. The summed E-state index contributed by atoms with van der Waals surface area (Å²) in [5.41, 5.74) is 2.89. The minimum Gasteiger partial charge on any atom is -0.478 e. The molecule has 1 heterocycles. The number of amides is 1. The number of aromatic carboxylic acids is 1. The largest absolute Gasteiger partial charge is 0.478 e. The summed E-state index contributed by atoms with van der Waals surface area (Å²) in [5.74, 6) is -0.932. The minimum absolute atomic E-state index is 0.0214. The summed E-state index contributed by atoms with van der Waals surface area (Å²) in [4.78, 5) is 27.5. The van der Waals surface area contributed by atoms with Gasteiger partial charge in [0, 0.05) is 25.1 Å². The predicted octanol–water partition coefficient (Wildman–Crippen LogP) is 3.10. The predicted molar refractivity (Wildman–Crippen MR) is 105 cm³/mol. The second-order valence-electron chi connectivity index (χ2n) is 7.55. The van der Waals surface area contributed by atoms with Crippen LogP contribution in [0.25, 0.3) is 0 Å². The first-order valence-corrected chi connectivity index (χ1v) is 9.18. The molecular weight excluding hydrogens is 340 g/mol. The molecule has 0 bridgehead atoms. The van der Waals surface area contributed by atoms with Crippen LogP contribution in [-0.2, 0) is 5.41 Å². The van der Waals surface area contributed by atoms with E-state index in [9.17, 15) is 14.7 Å². The third kappa shape index (κ3) is 3.74. The Bertz CT molecular complexity index is 835. The lowest BCUT2D eigenvalue weighted by atomic mass is 9.67. The molecule has 3 rings (SSSR count). The van der Waals surface area contributed by atoms with Crippen LogP contribution in [0.2, 0.25) is 0 Å². The molecule has 1 aliphatic heterocycles. The Morgan fingerprint density at radius 3 is 2.15 bits per heavy atom. The van der Waals surface area contributed by atoms with Crippen LogP contribution >= 0.6 is 0 Å². The molecule has 142 valence electrons. The maximum atomic E-state index is 12.2. The summed E-state index contributed by atoms with van der Waals surface area (Å²) >= 11 is 0. The lowest BCUT2D eigenvalue weighted by Crippen LogP contribution is -2.41. The Hall–Kier alpha value is -2.66. The second kappa shape index (κ2) is 7.53. The van der Waals surface area contributed by atoms with E-state index in [-0.39, 0.29) is 11.3 Å². The first-order valence-electron chi connectivity index (χ1n) is 9.18. The van der Waals surface area contributed by atoms with Crippen molar-refractivity contribution in [1.29, 1.82) is 0 Å². The molecule has 1 amide bonds. The third-order valence-electron chi connectivity index (χ3n) is 5.59. The minimum atomic E-state index is -0.910. The third-order valence-corrected chi connectivity index (χ3v) is 5.59. The highest BCUT2D eigenvalue weighted by molar-refractivity contribution is 5.94. The molecule has 1 fully saturated rings. The number of benzene rings is 2. The van der Waals surface area contributed by atoms with E-state index in [4.69, 9.17) is 0 Å².